The molecule has 0 saturated carbocycles. The Hall–Kier alpha value is -1.46. The van der Waals surface area contributed by atoms with Crippen molar-refractivity contribution in [1.82, 2.24) is 15.3 Å². The molecule has 112 valence electrons. The molecule has 2 rings (SSSR count). The van der Waals surface area contributed by atoms with Gasteiger partial charge in [0, 0.05) is 17.2 Å². The molecular weight excluding hydrogens is 330 g/mol. The Morgan fingerprint density at radius 2 is 2.14 bits per heavy atom. The maximum absolute atomic E-state index is 5.69. The van der Waals surface area contributed by atoms with Gasteiger partial charge in [0.1, 0.15) is 6.61 Å². The lowest BCUT2D eigenvalue weighted by atomic mass is 10.2. The molecule has 0 radical (unpaired) electrons. The van der Waals surface area contributed by atoms with Crippen molar-refractivity contribution in [2.24, 2.45) is 5.92 Å². The van der Waals surface area contributed by atoms with Crippen molar-refractivity contribution in [1.29, 1.82) is 0 Å². The molecule has 0 unspecified atom stereocenters. The molecule has 0 amide bonds. The van der Waals surface area contributed by atoms with Gasteiger partial charge in [-0.1, -0.05) is 41.9 Å². The highest BCUT2D eigenvalue weighted by Gasteiger charge is 2.02. The van der Waals surface area contributed by atoms with Crippen LogP contribution in [0, 0.1) is 5.92 Å². The maximum Gasteiger partial charge on any atom is 0.232 e. The number of hydrogen-bond acceptors (Lipinski definition) is 4. The zero-order valence-corrected chi connectivity index (χ0v) is 13.9. The second-order valence-corrected chi connectivity index (χ2v) is 6.21. The molecule has 1 heterocycles. The molecule has 1 aromatic carbocycles. The first-order chi connectivity index (χ1) is 10.1. The number of aromatic nitrogens is 2. The van der Waals surface area contributed by atoms with Crippen LogP contribution in [-0.2, 0) is 13.2 Å². The summed E-state index contributed by atoms with van der Waals surface area (Å²) in [5.41, 5.74) is 1.98. The second kappa shape index (κ2) is 8.10. The zero-order valence-electron chi connectivity index (χ0n) is 12.3. The molecule has 0 aliphatic carbocycles. The van der Waals surface area contributed by atoms with Crippen molar-refractivity contribution in [2.45, 2.75) is 27.0 Å². The smallest absolute Gasteiger partial charge is 0.232 e. The van der Waals surface area contributed by atoms with Crippen LogP contribution in [-0.4, -0.2) is 16.5 Å². The monoisotopic (exact) mass is 349 g/mol. The van der Waals surface area contributed by atoms with Gasteiger partial charge in [-0.15, -0.1) is 0 Å². The molecule has 0 spiro atoms. The van der Waals surface area contributed by atoms with Gasteiger partial charge in [0.05, 0.1) is 11.9 Å². The molecule has 0 bridgehead atoms. The van der Waals surface area contributed by atoms with E-state index in [1.807, 2.05) is 24.3 Å². The van der Waals surface area contributed by atoms with Crippen molar-refractivity contribution < 1.29 is 4.74 Å². The van der Waals surface area contributed by atoms with Crippen LogP contribution in [0.5, 0.6) is 5.88 Å². The van der Waals surface area contributed by atoms with Crippen LogP contribution in [0.3, 0.4) is 0 Å². The van der Waals surface area contributed by atoms with Crippen molar-refractivity contribution in [3.05, 3.63) is 52.4 Å². The molecule has 0 aliphatic heterocycles. The quantitative estimate of drug-likeness (QED) is 0.829. The molecule has 4 nitrogen and oxygen atoms in total. The highest BCUT2D eigenvalue weighted by Crippen LogP contribution is 2.14. The number of hydrogen-bond donors (Lipinski definition) is 1. The Bertz CT molecular complexity index is 575. The minimum atomic E-state index is 0.483. The lowest BCUT2D eigenvalue weighted by Crippen LogP contribution is -2.19. The van der Waals surface area contributed by atoms with E-state index in [4.69, 9.17) is 4.74 Å². The predicted octanol–water partition coefficient (Wildman–Crippen LogP) is 3.56. The molecule has 0 aliphatic rings. The average Bonchev–Trinajstić information content (AvgIpc) is 2.45. The number of halogens is 1. The van der Waals surface area contributed by atoms with E-state index in [-0.39, 0.29) is 0 Å². The summed E-state index contributed by atoms with van der Waals surface area (Å²) < 4.78 is 6.74. The summed E-state index contributed by atoms with van der Waals surface area (Å²) in [7, 11) is 0. The highest BCUT2D eigenvalue weighted by molar-refractivity contribution is 9.10. The second-order valence-electron chi connectivity index (χ2n) is 5.29. The van der Waals surface area contributed by atoms with Crippen LogP contribution in [0.15, 0.2) is 41.1 Å². The van der Waals surface area contributed by atoms with Crippen LogP contribution in [0.4, 0.5) is 0 Å². The average molecular weight is 350 g/mol. The van der Waals surface area contributed by atoms with Crippen LogP contribution in [0.2, 0.25) is 0 Å². The molecule has 2 aromatic rings. The summed E-state index contributed by atoms with van der Waals surface area (Å²) in [5.74, 6) is 1.17. The molecule has 0 atom stereocenters. The van der Waals surface area contributed by atoms with Gasteiger partial charge in [-0.2, -0.15) is 0 Å². The predicted molar refractivity (Wildman–Crippen MR) is 87.1 cm³/mol. The van der Waals surface area contributed by atoms with Crippen LogP contribution in [0.25, 0.3) is 0 Å². The first-order valence-electron chi connectivity index (χ1n) is 7.02. The SMILES string of the molecule is CC(C)CNCc1cncc(OCc2cccc(Br)c2)n1. The third-order valence-corrected chi connectivity index (χ3v) is 3.29. The third kappa shape index (κ3) is 5.81. The van der Waals surface area contributed by atoms with E-state index in [0.717, 1.165) is 22.3 Å². The van der Waals surface area contributed by atoms with Gasteiger partial charge in [0.25, 0.3) is 0 Å². The van der Waals surface area contributed by atoms with Crippen LogP contribution < -0.4 is 10.1 Å². The summed E-state index contributed by atoms with van der Waals surface area (Å²) in [6, 6.07) is 8.03. The van der Waals surface area contributed by atoms with E-state index in [9.17, 15) is 0 Å². The molecule has 0 fully saturated rings. The van der Waals surface area contributed by atoms with E-state index in [1.54, 1.807) is 12.4 Å². The minimum absolute atomic E-state index is 0.483. The lowest BCUT2D eigenvalue weighted by Gasteiger charge is -2.09. The normalized spacial score (nSPS) is 10.9. The van der Waals surface area contributed by atoms with E-state index in [1.165, 1.54) is 0 Å². The largest absolute Gasteiger partial charge is 0.472 e. The fourth-order valence-electron chi connectivity index (χ4n) is 1.81. The van der Waals surface area contributed by atoms with E-state index in [2.05, 4.69) is 45.1 Å². The number of benzene rings is 1. The topological polar surface area (TPSA) is 47.0 Å². The van der Waals surface area contributed by atoms with E-state index in [0.29, 0.717) is 24.9 Å². The summed E-state index contributed by atoms with van der Waals surface area (Å²) in [5, 5.41) is 3.35. The van der Waals surface area contributed by atoms with E-state index < -0.39 is 0 Å². The highest BCUT2D eigenvalue weighted by atomic mass is 79.9. The van der Waals surface area contributed by atoms with Gasteiger partial charge in [0.2, 0.25) is 5.88 Å². The lowest BCUT2D eigenvalue weighted by molar-refractivity contribution is 0.291. The van der Waals surface area contributed by atoms with Gasteiger partial charge < -0.3 is 10.1 Å². The number of nitrogens with zero attached hydrogens (tertiary/aromatic N) is 2. The Kier molecular flexibility index (Phi) is 6.14. The van der Waals surface area contributed by atoms with Crippen molar-refractivity contribution >= 4 is 15.9 Å². The molecule has 0 saturated heterocycles. The summed E-state index contributed by atoms with van der Waals surface area (Å²) in [6.45, 7) is 6.51. The summed E-state index contributed by atoms with van der Waals surface area (Å²) in [4.78, 5) is 8.62. The number of ether oxygens (including phenoxy) is 1. The molecular formula is C16H20BrN3O. The fraction of sp³-hybridized carbons (Fsp3) is 0.375. The summed E-state index contributed by atoms with van der Waals surface area (Å²) in [6.07, 6.45) is 3.41. The van der Waals surface area contributed by atoms with Crippen molar-refractivity contribution in [3.8, 4) is 5.88 Å². The van der Waals surface area contributed by atoms with Gasteiger partial charge in [-0.25, -0.2) is 4.98 Å². The zero-order chi connectivity index (χ0) is 15.1. The van der Waals surface area contributed by atoms with Crippen LogP contribution >= 0.6 is 15.9 Å². The van der Waals surface area contributed by atoms with Crippen LogP contribution in [0.1, 0.15) is 25.1 Å². The minimum Gasteiger partial charge on any atom is -0.472 e. The Morgan fingerprint density at radius 1 is 1.29 bits per heavy atom. The molecule has 1 aromatic heterocycles. The first kappa shape index (κ1) is 15.9. The molecule has 1 N–H and O–H groups in total. The van der Waals surface area contributed by atoms with Gasteiger partial charge in [0.15, 0.2) is 0 Å². The third-order valence-electron chi connectivity index (χ3n) is 2.80. The molecule has 5 heteroatoms. The van der Waals surface area contributed by atoms with Gasteiger partial charge in [-0.05, 0) is 30.2 Å². The number of rotatable bonds is 7. The maximum atomic E-state index is 5.69. The fourth-order valence-corrected chi connectivity index (χ4v) is 2.26. The molecule has 21 heavy (non-hydrogen) atoms. The van der Waals surface area contributed by atoms with Gasteiger partial charge in [-0.3, -0.25) is 4.98 Å². The standard InChI is InChI=1S/C16H20BrN3O/c1-12(2)7-18-8-15-9-19-10-16(20-15)21-11-13-4-3-5-14(17)6-13/h3-6,9-10,12,18H,7-8,11H2,1-2H3. The Balaban J connectivity index is 1.88. The van der Waals surface area contributed by atoms with Gasteiger partial charge >= 0.3 is 0 Å². The van der Waals surface area contributed by atoms with Crippen molar-refractivity contribution in [2.75, 3.05) is 6.54 Å². The Morgan fingerprint density at radius 3 is 2.90 bits per heavy atom. The summed E-state index contributed by atoms with van der Waals surface area (Å²) >= 11 is 3.45. The van der Waals surface area contributed by atoms with E-state index >= 15 is 0 Å². The Labute approximate surface area is 134 Å². The first-order valence-corrected chi connectivity index (χ1v) is 7.81. The number of nitrogens with one attached hydrogen (secondary N) is 1. The van der Waals surface area contributed by atoms with Crippen molar-refractivity contribution in [3.63, 3.8) is 0 Å².